The standard InChI is InChI=1S/C13H12F4O3/c14-11-5-10(3-1-2-4-18)6-12(7-11)20-9-19-8-13(15,16)17/h5-7,18H,2,4,8-9H2. The Bertz CT molecular complexity index is 489. The van der Waals surface area contributed by atoms with Gasteiger partial charge in [-0.1, -0.05) is 11.8 Å². The van der Waals surface area contributed by atoms with E-state index in [1.807, 2.05) is 0 Å². The van der Waals surface area contributed by atoms with E-state index in [1.54, 1.807) is 0 Å². The van der Waals surface area contributed by atoms with E-state index in [9.17, 15) is 17.6 Å². The highest BCUT2D eigenvalue weighted by atomic mass is 19.4. The third kappa shape index (κ3) is 6.97. The van der Waals surface area contributed by atoms with Crippen molar-refractivity contribution < 1.29 is 32.1 Å². The lowest BCUT2D eigenvalue weighted by Crippen LogP contribution is -2.19. The second-order valence-electron chi connectivity index (χ2n) is 3.68. The fourth-order valence-corrected chi connectivity index (χ4v) is 1.21. The highest BCUT2D eigenvalue weighted by Crippen LogP contribution is 2.17. The van der Waals surface area contributed by atoms with Crippen LogP contribution in [0.4, 0.5) is 17.6 Å². The number of benzene rings is 1. The molecular formula is C13H12F4O3. The lowest BCUT2D eigenvalue weighted by molar-refractivity contribution is -0.186. The van der Waals surface area contributed by atoms with Crippen LogP contribution >= 0.6 is 0 Å². The van der Waals surface area contributed by atoms with Crippen molar-refractivity contribution in [3.8, 4) is 17.6 Å². The molecule has 1 aromatic carbocycles. The number of ether oxygens (including phenoxy) is 2. The molecule has 1 rings (SSSR count). The molecule has 1 aromatic rings. The summed E-state index contributed by atoms with van der Waals surface area (Å²) in [7, 11) is 0. The van der Waals surface area contributed by atoms with Crippen molar-refractivity contribution in [3.63, 3.8) is 0 Å². The predicted molar refractivity (Wildman–Crippen MR) is 62.5 cm³/mol. The minimum Gasteiger partial charge on any atom is -0.467 e. The van der Waals surface area contributed by atoms with Gasteiger partial charge < -0.3 is 14.6 Å². The van der Waals surface area contributed by atoms with Crippen LogP contribution in [-0.4, -0.2) is 31.3 Å². The summed E-state index contributed by atoms with van der Waals surface area (Å²) >= 11 is 0. The number of aliphatic hydroxyl groups is 1. The SMILES string of the molecule is OCCC#Cc1cc(F)cc(OCOCC(F)(F)F)c1. The lowest BCUT2D eigenvalue weighted by atomic mass is 10.2. The fourth-order valence-electron chi connectivity index (χ4n) is 1.21. The van der Waals surface area contributed by atoms with Crippen LogP contribution in [0.15, 0.2) is 18.2 Å². The molecule has 0 saturated carbocycles. The molecule has 0 aliphatic heterocycles. The van der Waals surface area contributed by atoms with E-state index in [2.05, 4.69) is 16.6 Å². The van der Waals surface area contributed by atoms with Crippen LogP contribution < -0.4 is 4.74 Å². The molecule has 0 spiro atoms. The van der Waals surface area contributed by atoms with Crippen LogP contribution in [0, 0.1) is 17.7 Å². The van der Waals surface area contributed by atoms with Gasteiger partial charge >= 0.3 is 6.18 Å². The van der Waals surface area contributed by atoms with Gasteiger partial charge in [-0.25, -0.2) is 4.39 Å². The Labute approximate surface area is 113 Å². The highest BCUT2D eigenvalue weighted by Gasteiger charge is 2.27. The van der Waals surface area contributed by atoms with Crippen molar-refractivity contribution in [3.05, 3.63) is 29.6 Å². The molecule has 0 bridgehead atoms. The van der Waals surface area contributed by atoms with Gasteiger partial charge in [0.15, 0.2) is 6.79 Å². The molecule has 20 heavy (non-hydrogen) atoms. The van der Waals surface area contributed by atoms with E-state index in [4.69, 9.17) is 9.84 Å². The highest BCUT2D eigenvalue weighted by molar-refractivity contribution is 5.40. The number of rotatable bonds is 5. The number of hydrogen-bond acceptors (Lipinski definition) is 3. The molecule has 0 radical (unpaired) electrons. The van der Waals surface area contributed by atoms with Gasteiger partial charge in [0, 0.05) is 18.1 Å². The third-order valence-corrected chi connectivity index (χ3v) is 1.92. The molecule has 1 N–H and O–H groups in total. The van der Waals surface area contributed by atoms with E-state index in [0.717, 1.165) is 12.1 Å². The Kier molecular flexibility index (Phi) is 6.28. The molecule has 0 fully saturated rings. The van der Waals surface area contributed by atoms with Gasteiger partial charge in [-0.05, 0) is 12.1 Å². The Morgan fingerprint density at radius 1 is 1.20 bits per heavy atom. The van der Waals surface area contributed by atoms with Gasteiger partial charge in [0.25, 0.3) is 0 Å². The van der Waals surface area contributed by atoms with Crippen molar-refractivity contribution in [1.82, 2.24) is 0 Å². The number of halogens is 4. The molecule has 0 aliphatic carbocycles. The lowest BCUT2D eigenvalue weighted by Gasteiger charge is -2.09. The molecule has 3 nitrogen and oxygen atoms in total. The zero-order valence-corrected chi connectivity index (χ0v) is 10.3. The second-order valence-corrected chi connectivity index (χ2v) is 3.68. The normalized spacial score (nSPS) is 10.8. The van der Waals surface area contributed by atoms with Gasteiger partial charge in [0.2, 0.25) is 0 Å². The molecule has 7 heteroatoms. The summed E-state index contributed by atoms with van der Waals surface area (Å²) in [6, 6.07) is 3.52. The van der Waals surface area contributed by atoms with Gasteiger partial charge in [-0.15, -0.1) is 0 Å². The molecule has 0 aliphatic rings. The Morgan fingerprint density at radius 2 is 1.95 bits per heavy atom. The molecule has 0 amide bonds. The average Bonchev–Trinajstić information content (AvgIpc) is 2.33. The number of hydrogen-bond donors (Lipinski definition) is 1. The number of aliphatic hydroxyl groups excluding tert-OH is 1. The zero-order chi connectivity index (χ0) is 15.0. The van der Waals surface area contributed by atoms with Gasteiger partial charge in [0.05, 0.1) is 6.61 Å². The monoisotopic (exact) mass is 292 g/mol. The van der Waals surface area contributed by atoms with Crippen LogP contribution in [0.5, 0.6) is 5.75 Å². The summed E-state index contributed by atoms with van der Waals surface area (Å²) in [4.78, 5) is 0. The van der Waals surface area contributed by atoms with Gasteiger partial charge in [0.1, 0.15) is 18.2 Å². The Hall–Kier alpha value is -1.78. The average molecular weight is 292 g/mol. The molecule has 0 atom stereocenters. The zero-order valence-electron chi connectivity index (χ0n) is 10.3. The van der Waals surface area contributed by atoms with Crippen molar-refractivity contribution in [2.24, 2.45) is 0 Å². The maximum atomic E-state index is 13.2. The molecule has 0 saturated heterocycles. The Morgan fingerprint density at radius 3 is 2.60 bits per heavy atom. The largest absolute Gasteiger partial charge is 0.467 e. The summed E-state index contributed by atoms with van der Waals surface area (Å²) in [5.74, 6) is 4.56. The van der Waals surface area contributed by atoms with Crippen LogP contribution in [0.2, 0.25) is 0 Å². The molecule has 0 aromatic heterocycles. The van der Waals surface area contributed by atoms with Crippen LogP contribution in [0.1, 0.15) is 12.0 Å². The van der Waals surface area contributed by atoms with Crippen LogP contribution in [0.25, 0.3) is 0 Å². The van der Waals surface area contributed by atoms with Gasteiger partial charge in [-0.2, -0.15) is 13.2 Å². The summed E-state index contributed by atoms with van der Waals surface area (Å²) in [6.45, 7) is -2.20. The smallest absolute Gasteiger partial charge is 0.411 e. The summed E-state index contributed by atoms with van der Waals surface area (Å²) < 4.78 is 57.7. The van der Waals surface area contributed by atoms with Gasteiger partial charge in [-0.3, -0.25) is 0 Å². The van der Waals surface area contributed by atoms with Crippen molar-refractivity contribution in [2.75, 3.05) is 20.0 Å². The number of alkyl halides is 3. The fraction of sp³-hybridized carbons (Fsp3) is 0.385. The quantitative estimate of drug-likeness (QED) is 0.392. The van der Waals surface area contributed by atoms with E-state index in [0.29, 0.717) is 5.56 Å². The summed E-state index contributed by atoms with van der Waals surface area (Å²) in [6.07, 6.45) is -4.20. The molecule has 0 unspecified atom stereocenters. The topological polar surface area (TPSA) is 38.7 Å². The summed E-state index contributed by atoms with van der Waals surface area (Å²) in [5, 5.41) is 8.55. The van der Waals surface area contributed by atoms with E-state index >= 15 is 0 Å². The Balaban J connectivity index is 2.56. The molecule has 110 valence electrons. The van der Waals surface area contributed by atoms with Crippen LogP contribution in [0.3, 0.4) is 0 Å². The van der Waals surface area contributed by atoms with E-state index in [-0.39, 0.29) is 18.8 Å². The van der Waals surface area contributed by atoms with Crippen molar-refractivity contribution in [2.45, 2.75) is 12.6 Å². The maximum absolute atomic E-state index is 13.2. The first kappa shape index (κ1) is 16.3. The predicted octanol–water partition coefficient (Wildman–Crippen LogP) is 2.47. The van der Waals surface area contributed by atoms with Crippen LogP contribution in [-0.2, 0) is 4.74 Å². The van der Waals surface area contributed by atoms with E-state index in [1.165, 1.54) is 6.07 Å². The first-order valence-corrected chi connectivity index (χ1v) is 5.58. The van der Waals surface area contributed by atoms with Crippen molar-refractivity contribution >= 4 is 0 Å². The minimum absolute atomic E-state index is 0.0143. The van der Waals surface area contributed by atoms with E-state index < -0.39 is 25.4 Å². The first-order chi connectivity index (χ1) is 9.40. The maximum Gasteiger partial charge on any atom is 0.411 e. The molecular weight excluding hydrogens is 280 g/mol. The minimum atomic E-state index is -4.44. The van der Waals surface area contributed by atoms with Crippen molar-refractivity contribution in [1.29, 1.82) is 0 Å². The third-order valence-electron chi connectivity index (χ3n) is 1.92. The first-order valence-electron chi connectivity index (χ1n) is 5.58. The second kappa shape index (κ2) is 7.72. The molecule has 0 heterocycles. The summed E-state index contributed by atoms with van der Waals surface area (Å²) in [5.41, 5.74) is 0.296.